The van der Waals surface area contributed by atoms with Crippen LogP contribution < -0.4 is 15.4 Å². The number of nitrogens with one attached hydrogen (secondary N) is 1. The first-order valence-corrected chi connectivity index (χ1v) is 8.05. The molecule has 0 saturated carbocycles. The van der Waals surface area contributed by atoms with Crippen LogP contribution in [0.4, 0.5) is 11.4 Å². The molecule has 0 radical (unpaired) electrons. The highest BCUT2D eigenvalue weighted by atomic mass is 32.2. The van der Waals surface area contributed by atoms with Crippen LogP contribution >= 0.6 is 0 Å². The van der Waals surface area contributed by atoms with E-state index < -0.39 is 10.0 Å². The summed E-state index contributed by atoms with van der Waals surface area (Å²) in [4.78, 5) is 2.15. The standard InChI is InChI=1S/C13H21N3O4S/c1-15-21(17,18)13-5-4-9(6-10(13)14)16-7-11(19-2)12(8-16)20-3/h4-6,11-12,15H,7-8,14H2,1-3H3. The van der Waals surface area contributed by atoms with E-state index in [2.05, 4.69) is 9.62 Å². The second kappa shape index (κ2) is 6.18. The summed E-state index contributed by atoms with van der Waals surface area (Å²) in [5.74, 6) is 0. The quantitative estimate of drug-likeness (QED) is 0.745. The Labute approximate surface area is 125 Å². The molecule has 21 heavy (non-hydrogen) atoms. The van der Waals surface area contributed by atoms with Crippen molar-refractivity contribution in [1.82, 2.24) is 4.72 Å². The fourth-order valence-electron chi connectivity index (χ4n) is 2.49. The van der Waals surface area contributed by atoms with Gasteiger partial charge in [0.1, 0.15) is 17.1 Å². The van der Waals surface area contributed by atoms with Crippen LogP contribution in [0.25, 0.3) is 0 Å². The zero-order valence-electron chi connectivity index (χ0n) is 12.4. The van der Waals surface area contributed by atoms with Gasteiger partial charge in [0, 0.05) is 33.0 Å². The smallest absolute Gasteiger partial charge is 0.242 e. The van der Waals surface area contributed by atoms with Gasteiger partial charge in [-0.25, -0.2) is 13.1 Å². The van der Waals surface area contributed by atoms with Gasteiger partial charge in [-0.15, -0.1) is 0 Å². The maximum Gasteiger partial charge on any atom is 0.242 e. The summed E-state index contributed by atoms with van der Waals surface area (Å²) in [6.45, 7) is 1.35. The predicted molar refractivity (Wildman–Crippen MR) is 80.9 cm³/mol. The summed E-state index contributed by atoms with van der Waals surface area (Å²) < 4.78 is 36.6. The number of nitrogen functional groups attached to an aromatic ring is 1. The van der Waals surface area contributed by atoms with E-state index in [0.717, 1.165) is 5.69 Å². The van der Waals surface area contributed by atoms with Crippen LogP contribution in [0.2, 0.25) is 0 Å². The van der Waals surface area contributed by atoms with Crippen molar-refractivity contribution >= 4 is 21.4 Å². The minimum Gasteiger partial charge on any atom is -0.398 e. The van der Waals surface area contributed by atoms with Gasteiger partial charge in [-0.05, 0) is 25.2 Å². The van der Waals surface area contributed by atoms with E-state index in [0.29, 0.717) is 13.1 Å². The average molecular weight is 315 g/mol. The largest absolute Gasteiger partial charge is 0.398 e. The fraction of sp³-hybridized carbons (Fsp3) is 0.538. The zero-order chi connectivity index (χ0) is 15.6. The second-order valence-corrected chi connectivity index (χ2v) is 6.74. The van der Waals surface area contributed by atoms with E-state index in [4.69, 9.17) is 15.2 Å². The van der Waals surface area contributed by atoms with E-state index in [1.165, 1.54) is 13.1 Å². The number of ether oxygens (including phenoxy) is 2. The van der Waals surface area contributed by atoms with Gasteiger partial charge in [0.2, 0.25) is 10.0 Å². The first-order valence-electron chi connectivity index (χ1n) is 6.56. The second-order valence-electron chi connectivity index (χ2n) is 4.88. The van der Waals surface area contributed by atoms with E-state index in [1.54, 1.807) is 26.4 Å². The third-order valence-electron chi connectivity index (χ3n) is 3.74. The van der Waals surface area contributed by atoms with Crippen LogP contribution in [-0.4, -0.2) is 55.0 Å². The van der Waals surface area contributed by atoms with Crippen molar-refractivity contribution in [3.63, 3.8) is 0 Å². The maximum absolute atomic E-state index is 11.8. The Morgan fingerprint density at radius 3 is 2.24 bits per heavy atom. The number of hydrogen-bond donors (Lipinski definition) is 2. The number of sulfonamides is 1. The molecule has 118 valence electrons. The molecule has 3 N–H and O–H groups in total. The summed E-state index contributed by atoms with van der Waals surface area (Å²) in [7, 11) is 1.11. The van der Waals surface area contributed by atoms with Gasteiger partial charge in [0.05, 0.1) is 5.69 Å². The molecule has 1 aromatic rings. The third kappa shape index (κ3) is 3.13. The first-order chi connectivity index (χ1) is 9.92. The van der Waals surface area contributed by atoms with Gasteiger partial charge in [-0.2, -0.15) is 0 Å². The Morgan fingerprint density at radius 1 is 1.24 bits per heavy atom. The Hall–Kier alpha value is -1.35. The van der Waals surface area contributed by atoms with Crippen molar-refractivity contribution in [2.45, 2.75) is 17.1 Å². The van der Waals surface area contributed by atoms with Crippen LogP contribution in [0, 0.1) is 0 Å². The number of benzene rings is 1. The number of hydrogen-bond acceptors (Lipinski definition) is 6. The third-order valence-corrected chi connectivity index (χ3v) is 5.23. The lowest BCUT2D eigenvalue weighted by molar-refractivity contribution is -0.00461. The number of nitrogens with zero attached hydrogens (tertiary/aromatic N) is 1. The van der Waals surface area contributed by atoms with Crippen molar-refractivity contribution in [3.05, 3.63) is 18.2 Å². The van der Waals surface area contributed by atoms with Gasteiger partial charge >= 0.3 is 0 Å². The first kappa shape index (κ1) is 16.0. The molecule has 1 fully saturated rings. The highest BCUT2D eigenvalue weighted by Crippen LogP contribution is 2.28. The molecule has 8 heteroatoms. The van der Waals surface area contributed by atoms with E-state index in [-0.39, 0.29) is 22.8 Å². The molecule has 1 saturated heterocycles. The summed E-state index contributed by atoms with van der Waals surface area (Å²) in [5, 5.41) is 0. The number of nitrogens with two attached hydrogens (primary N) is 1. The summed E-state index contributed by atoms with van der Waals surface area (Å²) in [6.07, 6.45) is -0.0334. The van der Waals surface area contributed by atoms with E-state index >= 15 is 0 Å². The fourth-order valence-corrected chi connectivity index (χ4v) is 3.33. The minimum absolute atomic E-state index is 0.0167. The van der Waals surface area contributed by atoms with Gasteiger partial charge in [0.25, 0.3) is 0 Å². The molecule has 0 spiro atoms. The molecule has 0 aromatic heterocycles. The summed E-state index contributed by atoms with van der Waals surface area (Å²) in [5.41, 5.74) is 6.95. The molecule has 1 aliphatic heterocycles. The van der Waals surface area contributed by atoms with Gasteiger partial charge in [-0.1, -0.05) is 0 Å². The molecular formula is C13H21N3O4S. The molecule has 0 bridgehead atoms. The molecule has 0 aliphatic carbocycles. The molecular weight excluding hydrogens is 294 g/mol. The molecule has 7 nitrogen and oxygen atoms in total. The number of rotatable bonds is 5. The molecule has 2 unspecified atom stereocenters. The Balaban J connectivity index is 2.26. The topological polar surface area (TPSA) is 93.9 Å². The predicted octanol–water partition coefficient (Wildman–Crippen LogP) is 0.0269. The normalized spacial score (nSPS) is 22.7. The van der Waals surface area contributed by atoms with Crippen molar-refractivity contribution in [2.75, 3.05) is 45.0 Å². The van der Waals surface area contributed by atoms with Crippen LogP contribution in [-0.2, 0) is 19.5 Å². The SMILES string of the molecule is CNS(=O)(=O)c1ccc(N2CC(OC)C(OC)C2)cc1N. The molecule has 1 aromatic carbocycles. The van der Waals surface area contributed by atoms with E-state index in [1.807, 2.05) is 0 Å². The maximum atomic E-state index is 11.8. The summed E-state index contributed by atoms with van der Waals surface area (Å²) in [6, 6.07) is 4.92. The Kier molecular flexibility index (Phi) is 4.72. The lowest BCUT2D eigenvalue weighted by Crippen LogP contribution is -2.27. The molecule has 0 amide bonds. The van der Waals surface area contributed by atoms with Crippen molar-refractivity contribution in [1.29, 1.82) is 0 Å². The number of methoxy groups -OCH3 is 2. The van der Waals surface area contributed by atoms with Crippen molar-refractivity contribution in [3.8, 4) is 0 Å². The summed E-state index contributed by atoms with van der Waals surface area (Å²) >= 11 is 0. The van der Waals surface area contributed by atoms with Crippen molar-refractivity contribution in [2.24, 2.45) is 0 Å². The lowest BCUT2D eigenvalue weighted by atomic mass is 10.2. The Morgan fingerprint density at radius 2 is 1.81 bits per heavy atom. The van der Waals surface area contributed by atoms with Crippen LogP contribution in [0.3, 0.4) is 0 Å². The van der Waals surface area contributed by atoms with Crippen LogP contribution in [0.15, 0.2) is 23.1 Å². The molecule has 2 rings (SSSR count). The van der Waals surface area contributed by atoms with E-state index in [9.17, 15) is 8.42 Å². The Bertz CT molecular complexity index is 593. The van der Waals surface area contributed by atoms with Crippen LogP contribution in [0.5, 0.6) is 0 Å². The molecule has 1 heterocycles. The molecule has 2 atom stereocenters. The highest BCUT2D eigenvalue weighted by Gasteiger charge is 2.33. The minimum atomic E-state index is -3.54. The highest BCUT2D eigenvalue weighted by molar-refractivity contribution is 7.89. The van der Waals surface area contributed by atoms with Gasteiger partial charge in [0.15, 0.2) is 0 Å². The number of anilines is 2. The monoisotopic (exact) mass is 315 g/mol. The van der Waals surface area contributed by atoms with Gasteiger partial charge < -0.3 is 20.1 Å². The van der Waals surface area contributed by atoms with Gasteiger partial charge in [-0.3, -0.25) is 0 Å². The zero-order valence-corrected chi connectivity index (χ0v) is 13.2. The average Bonchev–Trinajstić information content (AvgIpc) is 2.90. The lowest BCUT2D eigenvalue weighted by Gasteiger charge is -2.19. The van der Waals surface area contributed by atoms with Crippen molar-refractivity contribution < 1.29 is 17.9 Å². The molecule has 1 aliphatic rings. The van der Waals surface area contributed by atoms with Crippen LogP contribution in [0.1, 0.15) is 0 Å².